The molecule has 0 aliphatic carbocycles. The van der Waals surface area contributed by atoms with Crippen LogP contribution in [0.4, 0.5) is 0 Å². The van der Waals surface area contributed by atoms with Crippen molar-refractivity contribution >= 4 is 28.7 Å². The lowest BCUT2D eigenvalue weighted by atomic mass is 10.4. The summed E-state index contributed by atoms with van der Waals surface area (Å²) >= 11 is 1.79. The predicted octanol–water partition coefficient (Wildman–Crippen LogP) is 4.42. The topological polar surface area (TPSA) is 0 Å². The minimum absolute atomic E-state index is 0. The summed E-state index contributed by atoms with van der Waals surface area (Å²) in [5.74, 6) is 0. The molecular weight excluding hydrogens is 256 g/mol. The molecule has 0 nitrogen and oxygen atoms in total. The molecule has 0 heterocycles. The molecule has 0 radical (unpaired) electrons. The van der Waals surface area contributed by atoms with Crippen molar-refractivity contribution in [1.82, 2.24) is 0 Å². The van der Waals surface area contributed by atoms with Crippen LogP contribution in [0.3, 0.4) is 0 Å². The highest BCUT2D eigenvalue weighted by atomic mass is 79.9. The lowest BCUT2D eigenvalue weighted by Gasteiger charge is -1.99. The molecule has 2 aromatic carbocycles. The van der Waals surface area contributed by atoms with Gasteiger partial charge in [0.2, 0.25) is 0 Å². The Morgan fingerprint density at radius 3 is 1.29 bits per heavy atom. The second kappa shape index (κ2) is 5.89. The normalized spacial score (nSPS) is 9.14. The van der Waals surface area contributed by atoms with Gasteiger partial charge in [-0.2, -0.15) is 0 Å². The minimum Gasteiger partial charge on any atom is -0.114 e. The zero-order valence-corrected chi connectivity index (χ0v) is 10.1. The first-order valence-corrected chi connectivity index (χ1v) is 5.05. The summed E-state index contributed by atoms with van der Waals surface area (Å²) in [5.41, 5.74) is 0. The average Bonchev–Trinajstić information content (AvgIpc) is 2.21. The van der Waals surface area contributed by atoms with Gasteiger partial charge in [0.25, 0.3) is 0 Å². The second-order valence-electron chi connectivity index (χ2n) is 2.73. The van der Waals surface area contributed by atoms with Crippen LogP contribution in [0, 0.1) is 0 Å². The smallest absolute Gasteiger partial charge is 0.0122 e. The Labute approximate surface area is 99.1 Å². The van der Waals surface area contributed by atoms with Crippen molar-refractivity contribution in [3.8, 4) is 0 Å². The molecule has 0 spiro atoms. The highest BCUT2D eigenvalue weighted by Crippen LogP contribution is 2.26. The van der Waals surface area contributed by atoms with Crippen molar-refractivity contribution in [3.05, 3.63) is 60.7 Å². The third-order valence-corrected chi connectivity index (χ3v) is 2.74. The maximum Gasteiger partial charge on any atom is 0.0122 e. The fourth-order valence-electron chi connectivity index (χ4n) is 1.11. The van der Waals surface area contributed by atoms with Gasteiger partial charge in [-0.25, -0.2) is 0 Å². The van der Waals surface area contributed by atoms with Crippen LogP contribution in [-0.4, -0.2) is 0 Å². The average molecular weight is 267 g/mol. The van der Waals surface area contributed by atoms with Gasteiger partial charge in [0.05, 0.1) is 0 Å². The first-order chi connectivity index (χ1) is 6.45. The van der Waals surface area contributed by atoms with E-state index in [1.807, 2.05) is 12.1 Å². The molecule has 0 atom stereocenters. The van der Waals surface area contributed by atoms with Gasteiger partial charge in [-0.1, -0.05) is 48.2 Å². The van der Waals surface area contributed by atoms with Gasteiger partial charge in [0, 0.05) is 9.79 Å². The molecule has 2 aromatic rings. The molecule has 0 aromatic heterocycles. The Morgan fingerprint density at radius 2 is 0.929 bits per heavy atom. The van der Waals surface area contributed by atoms with Gasteiger partial charge in [0.1, 0.15) is 0 Å². The Bertz CT molecular complexity index is 321. The summed E-state index contributed by atoms with van der Waals surface area (Å²) in [6.45, 7) is 0. The van der Waals surface area contributed by atoms with Crippen LogP contribution in [0.2, 0.25) is 0 Å². The van der Waals surface area contributed by atoms with Crippen molar-refractivity contribution in [1.29, 1.82) is 0 Å². The summed E-state index contributed by atoms with van der Waals surface area (Å²) in [4.78, 5) is 2.57. The van der Waals surface area contributed by atoms with Crippen LogP contribution in [0.25, 0.3) is 0 Å². The molecule has 0 saturated carbocycles. The molecule has 0 aliphatic rings. The van der Waals surface area contributed by atoms with Crippen molar-refractivity contribution < 1.29 is 0 Å². The van der Waals surface area contributed by atoms with E-state index in [1.54, 1.807) is 11.8 Å². The van der Waals surface area contributed by atoms with Crippen LogP contribution in [0.1, 0.15) is 0 Å². The highest BCUT2D eigenvalue weighted by Gasteiger charge is 1.93. The van der Waals surface area contributed by atoms with Crippen molar-refractivity contribution in [3.63, 3.8) is 0 Å². The molecule has 0 N–H and O–H groups in total. The van der Waals surface area contributed by atoms with Crippen molar-refractivity contribution in [2.24, 2.45) is 0 Å². The van der Waals surface area contributed by atoms with E-state index in [-0.39, 0.29) is 17.0 Å². The third-order valence-electron chi connectivity index (χ3n) is 1.72. The molecule has 0 fully saturated rings. The lowest BCUT2D eigenvalue weighted by Crippen LogP contribution is -1.70. The molecule has 0 aliphatic heterocycles. The van der Waals surface area contributed by atoms with Crippen LogP contribution in [0.5, 0.6) is 0 Å². The van der Waals surface area contributed by atoms with E-state index in [0.717, 1.165) is 0 Å². The summed E-state index contributed by atoms with van der Waals surface area (Å²) < 4.78 is 0. The fourth-order valence-corrected chi connectivity index (χ4v) is 1.97. The Hall–Kier alpha value is -0.730. The zero-order valence-electron chi connectivity index (χ0n) is 7.59. The number of hydrogen-bond acceptors (Lipinski definition) is 1. The molecule has 2 heteroatoms. The van der Waals surface area contributed by atoms with Gasteiger partial charge in [0.15, 0.2) is 0 Å². The Kier molecular flexibility index (Phi) is 4.77. The molecule has 0 unspecified atom stereocenters. The maximum atomic E-state index is 2.12. The maximum absolute atomic E-state index is 2.12. The van der Waals surface area contributed by atoms with Crippen LogP contribution >= 0.6 is 28.7 Å². The minimum atomic E-state index is 0. The number of benzene rings is 2. The fraction of sp³-hybridized carbons (Fsp3) is 0. The van der Waals surface area contributed by atoms with Gasteiger partial charge < -0.3 is 0 Å². The number of hydrogen-bond donors (Lipinski definition) is 0. The van der Waals surface area contributed by atoms with E-state index < -0.39 is 0 Å². The molecule has 0 bridgehead atoms. The van der Waals surface area contributed by atoms with Crippen molar-refractivity contribution in [2.75, 3.05) is 0 Å². The van der Waals surface area contributed by atoms with E-state index in [1.165, 1.54) is 9.79 Å². The number of halogens is 1. The highest BCUT2D eigenvalue weighted by molar-refractivity contribution is 8.93. The van der Waals surface area contributed by atoms with Crippen molar-refractivity contribution in [2.45, 2.75) is 9.79 Å². The SMILES string of the molecule is Br.c1ccc(Sc2ccccc2)cc1. The summed E-state index contributed by atoms with van der Waals surface area (Å²) in [7, 11) is 0. The Morgan fingerprint density at radius 1 is 0.571 bits per heavy atom. The molecule has 72 valence electrons. The molecule has 14 heavy (non-hydrogen) atoms. The predicted molar refractivity (Wildman–Crippen MR) is 67.3 cm³/mol. The second-order valence-corrected chi connectivity index (χ2v) is 3.88. The Balaban J connectivity index is 0.000000980. The van der Waals surface area contributed by atoms with E-state index in [9.17, 15) is 0 Å². The first kappa shape index (κ1) is 11.3. The third kappa shape index (κ3) is 3.20. The summed E-state index contributed by atoms with van der Waals surface area (Å²) in [6, 6.07) is 20.8. The molecular formula is C12H11BrS. The first-order valence-electron chi connectivity index (χ1n) is 4.23. The molecule has 0 amide bonds. The quantitative estimate of drug-likeness (QED) is 0.776. The van der Waals surface area contributed by atoms with Gasteiger partial charge >= 0.3 is 0 Å². The largest absolute Gasteiger partial charge is 0.114 e. The lowest BCUT2D eigenvalue weighted by molar-refractivity contribution is 1.41. The number of rotatable bonds is 2. The van der Waals surface area contributed by atoms with Gasteiger partial charge in [-0.15, -0.1) is 17.0 Å². The van der Waals surface area contributed by atoms with E-state index in [2.05, 4.69) is 48.5 Å². The molecule has 2 rings (SSSR count). The van der Waals surface area contributed by atoms with E-state index in [0.29, 0.717) is 0 Å². The van der Waals surface area contributed by atoms with E-state index >= 15 is 0 Å². The van der Waals surface area contributed by atoms with E-state index in [4.69, 9.17) is 0 Å². The summed E-state index contributed by atoms with van der Waals surface area (Å²) in [6.07, 6.45) is 0. The molecule has 0 saturated heterocycles. The van der Waals surface area contributed by atoms with Gasteiger partial charge in [-0.3, -0.25) is 0 Å². The standard InChI is InChI=1S/C12H10S.BrH/c1-3-7-11(8-4-1)13-12-9-5-2-6-10-12;/h1-10H;1H. The summed E-state index contributed by atoms with van der Waals surface area (Å²) in [5, 5.41) is 0. The monoisotopic (exact) mass is 266 g/mol. The van der Waals surface area contributed by atoms with Crippen LogP contribution < -0.4 is 0 Å². The van der Waals surface area contributed by atoms with Crippen LogP contribution in [0.15, 0.2) is 70.5 Å². The van der Waals surface area contributed by atoms with Gasteiger partial charge in [-0.05, 0) is 24.3 Å². The zero-order chi connectivity index (χ0) is 8.93. The van der Waals surface area contributed by atoms with Crippen LogP contribution in [-0.2, 0) is 0 Å².